The number of thioether (sulfide) groups is 1. The molecule has 0 bridgehead atoms. The van der Waals surface area contributed by atoms with Gasteiger partial charge in [-0.25, -0.2) is 0 Å². The molecule has 0 fully saturated rings. The van der Waals surface area contributed by atoms with Crippen LogP contribution in [-0.4, -0.2) is 35.5 Å². The Bertz CT molecular complexity index is 441. The fourth-order valence-corrected chi connectivity index (χ4v) is 2.83. The topological polar surface area (TPSA) is 49.5 Å². The standard InChI is InChI=1S/C13H20N2OS2/c1-13(2,16)8-15(3)9-6-5-7-10(18-4)11(9)12(14)17/h5-7,16H,8H2,1-4H3,(H2,14,17). The van der Waals surface area contributed by atoms with E-state index in [4.69, 9.17) is 18.0 Å². The van der Waals surface area contributed by atoms with Crippen molar-refractivity contribution in [1.29, 1.82) is 0 Å². The number of likely N-dealkylation sites (N-methyl/N-ethyl adjacent to an activating group) is 1. The Balaban J connectivity index is 3.19. The third kappa shape index (κ3) is 3.86. The van der Waals surface area contributed by atoms with E-state index in [1.807, 2.05) is 36.4 Å². The molecule has 0 aliphatic heterocycles. The van der Waals surface area contributed by atoms with Crippen LogP contribution in [0.4, 0.5) is 5.69 Å². The molecule has 0 aromatic heterocycles. The summed E-state index contributed by atoms with van der Waals surface area (Å²) in [6.07, 6.45) is 2.00. The average Bonchev–Trinajstić information content (AvgIpc) is 2.25. The average molecular weight is 284 g/mol. The normalized spacial score (nSPS) is 11.4. The third-order valence-electron chi connectivity index (χ3n) is 2.51. The number of nitrogens with zero attached hydrogens (tertiary/aromatic N) is 1. The lowest BCUT2D eigenvalue weighted by Gasteiger charge is -2.29. The zero-order valence-corrected chi connectivity index (χ0v) is 12.9. The zero-order valence-electron chi connectivity index (χ0n) is 11.2. The van der Waals surface area contributed by atoms with E-state index in [0.717, 1.165) is 16.1 Å². The fraction of sp³-hybridized carbons (Fsp3) is 0.462. The van der Waals surface area contributed by atoms with Crippen molar-refractivity contribution in [3.63, 3.8) is 0 Å². The molecule has 100 valence electrons. The Morgan fingerprint density at radius 2 is 2.11 bits per heavy atom. The summed E-state index contributed by atoms with van der Waals surface area (Å²) in [5.74, 6) is 0. The van der Waals surface area contributed by atoms with E-state index >= 15 is 0 Å². The van der Waals surface area contributed by atoms with Crippen LogP contribution in [0.15, 0.2) is 23.1 Å². The van der Waals surface area contributed by atoms with Gasteiger partial charge in [-0.2, -0.15) is 0 Å². The Morgan fingerprint density at radius 1 is 1.50 bits per heavy atom. The maximum Gasteiger partial charge on any atom is 0.107 e. The summed E-state index contributed by atoms with van der Waals surface area (Å²) in [7, 11) is 1.93. The van der Waals surface area contributed by atoms with Gasteiger partial charge in [0.2, 0.25) is 0 Å². The molecule has 0 unspecified atom stereocenters. The molecule has 5 heteroatoms. The summed E-state index contributed by atoms with van der Waals surface area (Å²) in [6, 6.07) is 5.95. The predicted octanol–water partition coefficient (Wildman–Crippen LogP) is 2.25. The van der Waals surface area contributed by atoms with Crippen LogP contribution in [0, 0.1) is 0 Å². The molecular weight excluding hydrogens is 264 g/mol. The largest absolute Gasteiger partial charge is 0.389 e. The van der Waals surface area contributed by atoms with Gasteiger partial charge in [0, 0.05) is 29.7 Å². The molecular formula is C13H20N2OS2. The second-order valence-electron chi connectivity index (χ2n) is 4.89. The number of anilines is 1. The number of thiocarbonyl (C=S) groups is 1. The highest BCUT2D eigenvalue weighted by molar-refractivity contribution is 7.98. The molecule has 3 nitrogen and oxygen atoms in total. The van der Waals surface area contributed by atoms with Crippen LogP contribution in [0.25, 0.3) is 0 Å². The second kappa shape index (κ2) is 5.91. The smallest absolute Gasteiger partial charge is 0.107 e. The maximum absolute atomic E-state index is 9.89. The summed E-state index contributed by atoms with van der Waals surface area (Å²) < 4.78 is 0. The van der Waals surface area contributed by atoms with Crippen molar-refractivity contribution < 1.29 is 5.11 Å². The highest BCUT2D eigenvalue weighted by Gasteiger charge is 2.19. The molecule has 0 heterocycles. The van der Waals surface area contributed by atoms with E-state index in [1.165, 1.54) is 0 Å². The number of hydrogen-bond acceptors (Lipinski definition) is 4. The second-order valence-corrected chi connectivity index (χ2v) is 6.18. The number of rotatable bonds is 5. The van der Waals surface area contributed by atoms with E-state index in [1.54, 1.807) is 25.6 Å². The van der Waals surface area contributed by atoms with Crippen LogP contribution in [0.3, 0.4) is 0 Å². The number of hydrogen-bond donors (Lipinski definition) is 2. The summed E-state index contributed by atoms with van der Waals surface area (Å²) in [6.45, 7) is 4.07. The van der Waals surface area contributed by atoms with Crippen LogP contribution in [0.1, 0.15) is 19.4 Å². The van der Waals surface area contributed by atoms with Gasteiger partial charge in [-0.05, 0) is 32.2 Å². The van der Waals surface area contributed by atoms with Crippen LogP contribution >= 0.6 is 24.0 Å². The lowest BCUT2D eigenvalue weighted by Crippen LogP contribution is -2.37. The van der Waals surface area contributed by atoms with Crippen LogP contribution < -0.4 is 10.6 Å². The van der Waals surface area contributed by atoms with Crippen molar-refractivity contribution in [1.82, 2.24) is 0 Å². The van der Waals surface area contributed by atoms with E-state index in [0.29, 0.717) is 11.5 Å². The highest BCUT2D eigenvalue weighted by Crippen LogP contribution is 2.29. The Hall–Kier alpha value is -0.780. The minimum Gasteiger partial charge on any atom is -0.389 e. The molecule has 0 atom stereocenters. The van der Waals surface area contributed by atoms with Crippen LogP contribution in [-0.2, 0) is 0 Å². The SMILES string of the molecule is CSc1cccc(N(C)CC(C)(C)O)c1C(N)=S. The van der Waals surface area contributed by atoms with Gasteiger partial charge in [0.05, 0.1) is 5.60 Å². The van der Waals surface area contributed by atoms with Crippen molar-refractivity contribution in [2.24, 2.45) is 5.73 Å². The molecule has 3 N–H and O–H groups in total. The molecule has 0 aliphatic rings. The molecule has 1 aromatic rings. The van der Waals surface area contributed by atoms with E-state index in [-0.39, 0.29) is 0 Å². The Morgan fingerprint density at radius 3 is 2.56 bits per heavy atom. The van der Waals surface area contributed by atoms with Crippen molar-refractivity contribution in [2.45, 2.75) is 24.3 Å². The molecule has 1 rings (SSSR count). The monoisotopic (exact) mass is 284 g/mol. The van der Waals surface area contributed by atoms with E-state index in [9.17, 15) is 5.11 Å². The fourth-order valence-electron chi connectivity index (χ4n) is 1.92. The zero-order chi connectivity index (χ0) is 13.9. The van der Waals surface area contributed by atoms with Crippen molar-refractivity contribution in [3.05, 3.63) is 23.8 Å². The summed E-state index contributed by atoms with van der Waals surface area (Å²) in [4.78, 5) is 3.42. The number of benzene rings is 1. The lowest BCUT2D eigenvalue weighted by atomic mass is 10.1. The first-order valence-electron chi connectivity index (χ1n) is 5.66. The van der Waals surface area contributed by atoms with Gasteiger partial charge < -0.3 is 15.7 Å². The summed E-state index contributed by atoms with van der Waals surface area (Å²) in [5.41, 5.74) is 6.89. The molecule has 0 spiro atoms. The molecule has 0 saturated heterocycles. The third-order valence-corrected chi connectivity index (χ3v) is 3.49. The van der Waals surface area contributed by atoms with Gasteiger partial charge in [-0.1, -0.05) is 18.3 Å². The first kappa shape index (κ1) is 15.3. The summed E-state index contributed by atoms with van der Waals surface area (Å²) in [5, 5.41) is 9.89. The van der Waals surface area contributed by atoms with Gasteiger partial charge in [-0.15, -0.1) is 11.8 Å². The Labute approximate surface area is 118 Å². The molecule has 0 aliphatic carbocycles. The lowest BCUT2D eigenvalue weighted by molar-refractivity contribution is 0.0886. The van der Waals surface area contributed by atoms with Crippen LogP contribution in [0.2, 0.25) is 0 Å². The van der Waals surface area contributed by atoms with E-state index < -0.39 is 5.60 Å². The maximum atomic E-state index is 9.89. The predicted molar refractivity (Wildman–Crippen MR) is 83.7 cm³/mol. The first-order valence-corrected chi connectivity index (χ1v) is 7.30. The number of aliphatic hydroxyl groups is 1. The minimum absolute atomic E-state index is 0.387. The van der Waals surface area contributed by atoms with Gasteiger partial charge in [0.25, 0.3) is 0 Å². The van der Waals surface area contributed by atoms with Crippen molar-refractivity contribution in [2.75, 3.05) is 24.7 Å². The van der Waals surface area contributed by atoms with Gasteiger partial charge in [0.15, 0.2) is 0 Å². The van der Waals surface area contributed by atoms with Crippen molar-refractivity contribution >= 4 is 34.7 Å². The van der Waals surface area contributed by atoms with Gasteiger partial charge in [0.1, 0.15) is 4.99 Å². The van der Waals surface area contributed by atoms with E-state index in [2.05, 4.69) is 0 Å². The molecule has 18 heavy (non-hydrogen) atoms. The summed E-state index contributed by atoms with van der Waals surface area (Å²) >= 11 is 6.76. The Kier molecular flexibility index (Phi) is 5.01. The quantitative estimate of drug-likeness (QED) is 0.641. The van der Waals surface area contributed by atoms with Gasteiger partial charge >= 0.3 is 0 Å². The van der Waals surface area contributed by atoms with Gasteiger partial charge in [-0.3, -0.25) is 0 Å². The molecule has 0 amide bonds. The van der Waals surface area contributed by atoms with Crippen molar-refractivity contribution in [3.8, 4) is 0 Å². The highest BCUT2D eigenvalue weighted by atomic mass is 32.2. The minimum atomic E-state index is -0.766. The number of nitrogens with two attached hydrogens (primary N) is 1. The van der Waals surface area contributed by atoms with Crippen LogP contribution in [0.5, 0.6) is 0 Å². The molecule has 0 radical (unpaired) electrons. The molecule has 1 aromatic carbocycles. The first-order chi connectivity index (χ1) is 8.26. The molecule has 0 saturated carbocycles.